The third-order valence-corrected chi connectivity index (χ3v) is 8.06. The molecule has 1 N–H and O–H groups in total. The van der Waals surface area contributed by atoms with Gasteiger partial charge in [0.05, 0.1) is 16.9 Å². The first-order valence-electron chi connectivity index (χ1n) is 10.1. The van der Waals surface area contributed by atoms with Gasteiger partial charge in [0, 0.05) is 23.4 Å². The maximum absolute atomic E-state index is 12.5. The van der Waals surface area contributed by atoms with Crippen LogP contribution in [0.25, 0.3) is 33.2 Å². The molecule has 0 spiro atoms. The molecule has 0 radical (unpaired) electrons. The molecule has 4 aromatic rings. The first-order chi connectivity index (χ1) is 14.7. The predicted octanol–water partition coefficient (Wildman–Crippen LogP) is 5.34. The standard InChI is InChI=1S/C26H25NO3S/c1-26(2,31(3,29)30)23-15-22-8-5-13-27-25(22)24(16-23)21-7-4-6-20(14-21)19-11-9-18(17-28)10-12-19/h4-16,28H,17H2,1-3H3. The van der Waals surface area contributed by atoms with E-state index in [1.54, 1.807) is 20.0 Å². The summed E-state index contributed by atoms with van der Waals surface area (Å²) in [7, 11) is -3.32. The minimum absolute atomic E-state index is 0.0148. The summed E-state index contributed by atoms with van der Waals surface area (Å²) in [5.41, 5.74) is 6.40. The molecule has 31 heavy (non-hydrogen) atoms. The number of benzene rings is 3. The van der Waals surface area contributed by atoms with E-state index in [2.05, 4.69) is 11.1 Å². The summed E-state index contributed by atoms with van der Waals surface area (Å²) < 4.78 is 24.0. The third kappa shape index (κ3) is 3.99. The fourth-order valence-corrected chi connectivity index (χ4v) is 4.19. The second kappa shape index (κ2) is 7.91. The zero-order valence-electron chi connectivity index (χ0n) is 17.8. The molecule has 4 rings (SSSR count). The van der Waals surface area contributed by atoms with E-state index in [9.17, 15) is 13.5 Å². The molecule has 0 saturated heterocycles. The Morgan fingerprint density at radius 2 is 1.58 bits per heavy atom. The Morgan fingerprint density at radius 3 is 2.26 bits per heavy atom. The molecule has 1 heterocycles. The van der Waals surface area contributed by atoms with Gasteiger partial charge in [0.2, 0.25) is 0 Å². The molecule has 0 fully saturated rings. The number of hydrogen-bond donors (Lipinski definition) is 1. The number of aliphatic hydroxyl groups is 1. The minimum atomic E-state index is -3.32. The van der Waals surface area contributed by atoms with E-state index in [0.717, 1.165) is 44.3 Å². The van der Waals surface area contributed by atoms with E-state index in [1.807, 2.05) is 66.7 Å². The second-order valence-corrected chi connectivity index (χ2v) is 10.9. The van der Waals surface area contributed by atoms with Gasteiger partial charge in [-0.25, -0.2) is 8.42 Å². The fourth-order valence-electron chi connectivity index (χ4n) is 3.64. The van der Waals surface area contributed by atoms with Crippen molar-refractivity contribution in [2.75, 3.05) is 6.26 Å². The highest BCUT2D eigenvalue weighted by atomic mass is 32.2. The average Bonchev–Trinajstić information content (AvgIpc) is 2.77. The lowest BCUT2D eigenvalue weighted by atomic mass is 9.92. The van der Waals surface area contributed by atoms with Gasteiger partial charge in [-0.2, -0.15) is 0 Å². The Labute approximate surface area is 183 Å². The number of sulfone groups is 1. The summed E-state index contributed by atoms with van der Waals surface area (Å²) in [6.07, 6.45) is 3.03. The maximum Gasteiger partial charge on any atom is 0.156 e. The van der Waals surface area contributed by atoms with Crippen molar-refractivity contribution in [2.45, 2.75) is 25.2 Å². The van der Waals surface area contributed by atoms with Crippen molar-refractivity contribution in [3.63, 3.8) is 0 Å². The summed E-state index contributed by atoms with van der Waals surface area (Å²) in [5.74, 6) is 0. The molecule has 4 nitrogen and oxygen atoms in total. The fraction of sp³-hybridized carbons (Fsp3) is 0.192. The van der Waals surface area contributed by atoms with Crippen molar-refractivity contribution in [1.29, 1.82) is 0 Å². The monoisotopic (exact) mass is 431 g/mol. The van der Waals surface area contributed by atoms with Gasteiger partial charge in [-0.1, -0.05) is 48.5 Å². The van der Waals surface area contributed by atoms with E-state index < -0.39 is 14.6 Å². The summed E-state index contributed by atoms with van der Waals surface area (Å²) >= 11 is 0. The Bertz CT molecular complexity index is 1360. The van der Waals surface area contributed by atoms with Crippen LogP contribution < -0.4 is 0 Å². The normalized spacial score (nSPS) is 12.3. The Hall–Kier alpha value is -3.02. The number of pyridine rings is 1. The van der Waals surface area contributed by atoms with E-state index in [4.69, 9.17) is 0 Å². The summed E-state index contributed by atoms with van der Waals surface area (Å²) in [5, 5.41) is 10.2. The number of nitrogens with zero attached hydrogens (tertiary/aromatic N) is 1. The number of aliphatic hydroxyl groups excluding tert-OH is 1. The summed E-state index contributed by atoms with van der Waals surface area (Å²) in [6, 6.07) is 23.6. The molecule has 0 bridgehead atoms. The van der Waals surface area contributed by atoms with Crippen LogP contribution in [0.2, 0.25) is 0 Å². The van der Waals surface area contributed by atoms with E-state index in [1.165, 1.54) is 6.26 Å². The Kier molecular flexibility index (Phi) is 5.42. The van der Waals surface area contributed by atoms with Crippen molar-refractivity contribution < 1.29 is 13.5 Å². The molecule has 158 valence electrons. The van der Waals surface area contributed by atoms with Gasteiger partial charge in [-0.3, -0.25) is 4.98 Å². The molecule has 0 amide bonds. The zero-order valence-corrected chi connectivity index (χ0v) is 18.6. The highest BCUT2D eigenvalue weighted by Gasteiger charge is 2.33. The topological polar surface area (TPSA) is 67.3 Å². The molecular formula is C26H25NO3S. The molecular weight excluding hydrogens is 406 g/mol. The van der Waals surface area contributed by atoms with Gasteiger partial charge in [0.15, 0.2) is 9.84 Å². The highest BCUT2D eigenvalue weighted by Crippen LogP contribution is 2.37. The summed E-state index contributed by atoms with van der Waals surface area (Å²) in [4.78, 5) is 4.59. The Morgan fingerprint density at radius 1 is 0.871 bits per heavy atom. The van der Waals surface area contributed by atoms with Gasteiger partial charge in [-0.15, -0.1) is 0 Å². The average molecular weight is 432 g/mol. The molecule has 0 unspecified atom stereocenters. The minimum Gasteiger partial charge on any atom is -0.392 e. The SMILES string of the molecule is CC(C)(c1cc(-c2cccc(-c3ccc(CO)cc3)c2)c2ncccc2c1)S(C)(=O)=O. The van der Waals surface area contributed by atoms with Crippen LogP contribution in [-0.2, 0) is 21.2 Å². The molecule has 5 heteroatoms. The third-order valence-electron chi connectivity index (χ3n) is 5.97. The number of rotatable bonds is 5. The quantitative estimate of drug-likeness (QED) is 0.463. The molecule has 1 aromatic heterocycles. The van der Waals surface area contributed by atoms with Crippen LogP contribution in [0.4, 0.5) is 0 Å². The lowest BCUT2D eigenvalue weighted by Gasteiger charge is -2.24. The number of hydrogen-bond acceptors (Lipinski definition) is 4. The van der Waals surface area contributed by atoms with Crippen molar-refractivity contribution in [3.05, 3.63) is 90.1 Å². The second-order valence-electron chi connectivity index (χ2n) is 8.32. The van der Waals surface area contributed by atoms with Gasteiger partial charge in [-0.05, 0) is 65.9 Å². The Balaban J connectivity index is 1.91. The van der Waals surface area contributed by atoms with Gasteiger partial charge in [0.25, 0.3) is 0 Å². The molecule has 3 aromatic carbocycles. The molecule has 0 atom stereocenters. The number of aromatic nitrogens is 1. The summed E-state index contributed by atoms with van der Waals surface area (Å²) in [6.45, 7) is 3.49. The van der Waals surface area contributed by atoms with Gasteiger partial charge >= 0.3 is 0 Å². The van der Waals surface area contributed by atoms with Crippen molar-refractivity contribution in [3.8, 4) is 22.3 Å². The lowest BCUT2D eigenvalue weighted by molar-refractivity contribution is 0.282. The first-order valence-corrected chi connectivity index (χ1v) is 12.0. The van der Waals surface area contributed by atoms with Gasteiger partial charge < -0.3 is 5.11 Å². The smallest absolute Gasteiger partial charge is 0.156 e. The molecule has 0 saturated carbocycles. The molecule has 0 aliphatic carbocycles. The van der Waals surface area contributed by atoms with Crippen LogP contribution in [0.1, 0.15) is 25.0 Å². The zero-order chi connectivity index (χ0) is 22.2. The molecule has 0 aliphatic heterocycles. The first kappa shape index (κ1) is 21.2. The van der Waals surface area contributed by atoms with Crippen LogP contribution in [0, 0.1) is 0 Å². The van der Waals surface area contributed by atoms with Crippen molar-refractivity contribution >= 4 is 20.7 Å². The van der Waals surface area contributed by atoms with Gasteiger partial charge in [0.1, 0.15) is 0 Å². The van der Waals surface area contributed by atoms with E-state index >= 15 is 0 Å². The molecule has 0 aliphatic rings. The van der Waals surface area contributed by atoms with Crippen molar-refractivity contribution in [2.24, 2.45) is 0 Å². The van der Waals surface area contributed by atoms with Crippen LogP contribution in [0.3, 0.4) is 0 Å². The number of fused-ring (bicyclic) bond motifs is 1. The lowest BCUT2D eigenvalue weighted by Crippen LogP contribution is -2.28. The van der Waals surface area contributed by atoms with E-state index in [0.29, 0.717) is 0 Å². The van der Waals surface area contributed by atoms with Crippen LogP contribution >= 0.6 is 0 Å². The maximum atomic E-state index is 12.5. The van der Waals surface area contributed by atoms with Crippen LogP contribution in [0.15, 0.2) is 79.0 Å². The predicted molar refractivity (Wildman–Crippen MR) is 126 cm³/mol. The highest BCUT2D eigenvalue weighted by molar-refractivity contribution is 7.91. The largest absolute Gasteiger partial charge is 0.392 e. The van der Waals surface area contributed by atoms with E-state index in [-0.39, 0.29) is 6.61 Å². The van der Waals surface area contributed by atoms with Crippen LogP contribution in [-0.4, -0.2) is 24.8 Å². The van der Waals surface area contributed by atoms with Crippen molar-refractivity contribution in [1.82, 2.24) is 4.98 Å². The van der Waals surface area contributed by atoms with Crippen LogP contribution in [0.5, 0.6) is 0 Å².